The maximum absolute atomic E-state index is 12.8. The number of thioether (sulfide) groups is 1. The smallest absolute Gasteiger partial charge is 0.294 e. The first-order valence-electron chi connectivity index (χ1n) is 12.2. The minimum atomic E-state index is -0.279. The first kappa shape index (κ1) is 26.7. The highest BCUT2D eigenvalue weighted by Crippen LogP contribution is 2.52. The van der Waals surface area contributed by atoms with Gasteiger partial charge in [-0.05, 0) is 66.4 Å². The lowest BCUT2D eigenvalue weighted by atomic mass is 9.96. The molecule has 2 aromatic rings. The van der Waals surface area contributed by atoms with E-state index in [-0.39, 0.29) is 26.1 Å². The largest absolute Gasteiger partial charge is 0.446 e. The number of thiocarbonyl (C=S) groups is 1. The summed E-state index contributed by atoms with van der Waals surface area (Å²) in [6.45, 7) is 0.710. The van der Waals surface area contributed by atoms with Gasteiger partial charge in [0.1, 0.15) is 0 Å². The van der Waals surface area contributed by atoms with E-state index in [1.54, 1.807) is 4.90 Å². The molecule has 5 rings (SSSR count). The molecule has 1 saturated heterocycles. The van der Waals surface area contributed by atoms with Crippen molar-refractivity contribution < 1.29 is 33.4 Å². The number of carbonyl (C=O) groups is 4. The van der Waals surface area contributed by atoms with Gasteiger partial charge in [-0.2, -0.15) is 0 Å². The normalized spacial score (nSPS) is 20.6. The average molecular weight is 568 g/mol. The van der Waals surface area contributed by atoms with Crippen molar-refractivity contribution in [2.24, 2.45) is 0 Å². The third-order valence-electron chi connectivity index (χ3n) is 7.05. The van der Waals surface area contributed by atoms with E-state index in [1.807, 2.05) is 36.4 Å². The van der Waals surface area contributed by atoms with E-state index in [2.05, 4.69) is 17.0 Å². The molecule has 10 nitrogen and oxygen atoms in total. The summed E-state index contributed by atoms with van der Waals surface area (Å²) >= 11 is 6.47. The predicted molar refractivity (Wildman–Crippen MR) is 149 cm³/mol. The maximum Gasteiger partial charge on any atom is 0.294 e. The fourth-order valence-corrected chi connectivity index (χ4v) is 6.65. The van der Waals surface area contributed by atoms with Gasteiger partial charge in [0.2, 0.25) is 0 Å². The summed E-state index contributed by atoms with van der Waals surface area (Å²) in [6, 6.07) is 14.4. The van der Waals surface area contributed by atoms with Gasteiger partial charge in [0.15, 0.2) is 24.5 Å². The molecule has 2 atom stereocenters. The lowest BCUT2D eigenvalue weighted by molar-refractivity contribution is -0.136. The summed E-state index contributed by atoms with van der Waals surface area (Å²) in [7, 11) is 0. The van der Waals surface area contributed by atoms with Gasteiger partial charge in [0, 0.05) is 29.0 Å². The van der Waals surface area contributed by atoms with Crippen LogP contribution in [0.2, 0.25) is 0 Å². The number of amides is 1. The van der Waals surface area contributed by atoms with Crippen LogP contribution in [0.4, 0.5) is 17.1 Å². The third kappa shape index (κ3) is 5.34. The van der Waals surface area contributed by atoms with E-state index in [4.69, 9.17) is 26.4 Å². The van der Waals surface area contributed by atoms with Gasteiger partial charge >= 0.3 is 0 Å². The van der Waals surface area contributed by atoms with E-state index < -0.39 is 0 Å². The van der Waals surface area contributed by atoms with Crippen molar-refractivity contribution in [2.45, 2.75) is 31.2 Å². The summed E-state index contributed by atoms with van der Waals surface area (Å²) in [5.41, 5.74) is 5.07. The zero-order chi connectivity index (χ0) is 27.4. The van der Waals surface area contributed by atoms with Crippen LogP contribution in [0.25, 0.3) is 6.08 Å². The second-order valence-electron chi connectivity index (χ2n) is 9.13. The molecule has 39 heavy (non-hydrogen) atoms. The van der Waals surface area contributed by atoms with Gasteiger partial charge in [0.25, 0.3) is 25.3 Å². The molecular formula is C27H25N3O7S2. The Bertz CT molecular complexity index is 1300. The fraction of sp³-hybridized carbons (Fsp3) is 0.296. The highest BCUT2D eigenvalue weighted by atomic mass is 32.2. The number of carbonyl (C=O) groups excluding carboxylic acids is 4. The molecule has 1 saturated carbocycles. The lowest BCUT2D eigenvalue weighted by Crippen LogP contribution is -2.30. The second kappa shape index (κ2) is 11.9. The molecule has 2 unspecified atom stereocenters. The van der Waals surface area contributed by atoms with Crippen LogP contribution >= 0.6 is 24.0 Å². The minimum Gasteiger partial charge on any atom is -0.446 e. The molecule has 2 aromatic carbocycles. The Balaban J connectivity index is 1.40. The second-order valence-corrected chi connectivity index (χ2v) is 10.8. The fourth-order valence-electron chi connectivity index (χ4n) is 5.42. The average Bonchev–Trinajstić information content (AvgIpc) is 3.61. The zero-order valence-electron chi connectivity index (χ0n) is 20.8. The summed E-state index contributed by atoms with van der Waals surface area (Å²) in [4.78, 5) is 50.4. The van der Waals surface area contributed by atoms with Gasteiger partial charge in [-0.15, -0.1) is 0 Å². The van der Waals surface area contributed by atoms with Gasteiger partial charge in [-0.1, -0.05) is 36.5 Å². The van der Waals surface area contributed by atoms with Crippen molar-refractivity contribution in [3.05, 3.63) is 58.5 Å². The van der Waals surface area contributed by atoms with Crippen molar-refractivity contribution >= 4 is 76.8 Å². The Labute approximate surface area is 234 Å². The molecule has 0 aromatic heterocycles. The molecule has 2 fully saturated rings. The number of hydrogen-bond acceptors (Lipinski definition) is 11. The van der Waals surface area contributed by atoms with Crippen LogP contribution in [0.5, 0.6) is 0 Å². The van der Waals surface area contributed by atoms with Crippen LogP contribution in [0.1, 0.15) is 36.3 Å². The molecule has 0 N–H and O–H groups in total. The number of fused-ring (bicyclic) bond motifs is 3. The van der Waals surface area contributed by atoms with Crippen LogP contribution < -0.4 is 9.80 Å². The first-order chi connectivity index (χ1) is 19.0. The topological polar surface area (TPSA) is 106 Å². The third-order valence-corrected chi connectivity index (χ3v) is 8.43. The summed E-state index contributed by atoms with van der Waals surface area (Å²) < 4.78 is 14.8. The number of nitrogens with zero attached hydrogens (tertiary/aromatic N) is 3. The Morgan fingerprint density at radius 1 is 0.974 bits per heavy atom. The Morgan fingerprint density at radius 3 is 2.38 bits per heavy atom. The molecule has 1 amide bonds. The molecule has 0 radical (unpaired) electrons. The molecule has 2 aliphatic heterocycles. The molecule has 0 bridgehead atoms. The van der Waals surface area contributed by atoms with E-state index in [1.165, 1.54) is 22.2 Å². The van der Waals surface area contributed by atoms with E-state index >= 15 is 0 Å². The highest BCUT2D eigenvalue weighted by molar-refractivity contribution is 8.26. The van der Waals surface area contributed by atoms with Crippen LogP contribution in [0, 0.1) is 0 Å². The van der Waals surface area contributed by atoms with Crippen molar-refractivity contribution in [3.8, 4) is 0 Å². The Morgan fingerprint density at radius 2 is 1.69 bits per heavy atom. The van der Waals surface area contributed by atoms with Crippen molar-refractivity contribution in [3.63, 3.8) is 0 Å². The summed E-state index contributed by atoms with van der Waals surface area (Å²) in [5, 5.41) is 0. The summed E-state index contributed by atoms with van der Waals surface area (Å²) in [5.74, 6) is 0.0981. The summed E-state index contributed by atoms with van der Waals surface area (Å²) in [6.07, 6.45) is 5.11. The standard InChI is InChI=1S/C27H25N3O7S2/c31-15-35-12-28(13-36-16-32)19-5-7-20(8-6-19)30-23-3-1-2-21(23)22-10-18(4-9-24(22)30)11-25-26(34)29(14-37-17-33)27(38)39-25/h4-11,15-17,21,23H,1-3,12-14H2/b25-11+. The number of anilines is 3. The van der Waals surface area contributed by atoms with Crippen LogP contribution in [0.15, 0.2) is 47.4 Å². The maximum atomic E-state index is 12.8. The van der Waals surface area contributed by atoms with Crippen LogP contribution in [-0.4, -0.2) is 60.8 Å². The number of benzene rings is 2. The predicted octanol–water partition coefficient (Wildman–Crippen LogP) is 3.87. The number of hydrogen-bond donors (Lipinski definition) is 0. The van der Waals surface area contributed by atoms with E-state index in [0.717, 1.165) is 41.9 Å². The molecule has 3 aliphatic rings. The quantitative estimate of drug-likeness (QED) is 0.123. The number of ether oxygens (including phenoxy) is 3. The molecule has 2 heterocycles. The van der Waals surface area contributed by atoms with E-state index in [0.29, 0.717) is 40.6 Å². The van der Waals surface area contributed by atoms with Crippen LogP contribution in [0.3, 0.4) is 0 Å². The van der Waals surface area contributed by atoms with Gasteiger partial charge in [0.05, 0.1) is 4.91 Å². The molecule has 0 spiro atoms. The molecule has 202 valence electrons. The van der Waals surface area contributed by atoms with Crippen molar-refractivity contribution in [2.75, 3.05) is 30.0 Å². The van der Waals surface area contributed by atoms with E-state index in [9.17, 15) is 19.2 Å². The van der Waals surface area contributed by atoms with Crippen LogP contribution in [-0.2, 0) is 33.4 Å². The molecular weight excluding hydrogens is 542 g/mol. The zero-order valence-corrected chi connectivity index (χ0v) is 22.4. The molecule has 12 heteroatoms. The highest BCUT2D eigenvalue weighted by Gasteiger charge is 2.42. The van der Waals surface area contributed by atoms with Crippen molar-refractivity contribution in [1.82, 2.24) is 4.90 Å². The van der Waals surface area contributed by atoms with Gasteiger partial charge in [-0.25, -0.2) is 0 Å². The molecule has 1 aliphatic carbocycles. The lowest BCUT2D eigenvalue weighted by Gasteiger charge is -2.28. The van der Waals surface area contributed by atoms with Crippen molar-refractivity contribution in [1.29, 1.82) is 0 Å². The Hall–Kier alpha value is -3.90. The number of rotatable bonds is 12. The SMILES string of the molecule is O=COCN1C(=O)/C(=C\c2ccc3c(c2)C2CCCC2N3c2ccc(N(COC=O)COC=O)cc2)SC1=S. The first-order valence-corrected chi connectivity index (χ1v) is 13.5. The minimum absolute atomic E-state index is 0.0421. The van der Waals surface area contributed by atoms with Gasteiger partial charge in [-0.3, -0.25) is 24.1 Å². The Kier molecular flexibility index (Phi) is 8.13. The van der Waals surface area contributed by atoms with Gasteiger partial charge < -0.3 is 24.0 Å². The monoisotopic (exact) mass is 567 g/mol.